The minimum absolute atomic E-state index is 0.166. The predicted molar refractivity (Wildman–Crippen MR) is 523 cm³/mol. The summed E-state index contributed by atoms with van der Waals surface area (Å²) >= 11 is 0. The highest BCUT2D eigenvalue weighted by Gasteiger charge is 2.35. The lowest BCUT2D eigenvalue weighted by atomic mass is 9.93. The third-order valence-electron chi connectivity index (χ3n) is 19.9. The van der Waals surface area contributed by atoms with Crippen LogP contribution in [0, 0.1) is 0 Å². The van der Waals surface area contributed by atoms with Crippen molar-refractivity contribution in [3.63, 3.8) is 0 Å². The molecule has 25 nitrogen and oxygen atoms in total. The molecule has 0 aromatic heterocycles. The summed E-state index contributed by atoms with van der Waals surface area (Å²) < 4.78 is 48.2. The fraction of sp³-hybridized carbons (Fsp3) is 0.241. The predicted octanol–water partition coefficient (Wildman–Crippen LogP) is 19.9. The average molecular weight is 1870 g/mol. The van der Waals surface area contributed by atoms with Crippen LogP contribution in [0.1, 0.15) is 145 Å². The van der Waals surface area contributed by atoms with E-state index in [0.717, 1.165) is 78.3 Å². The molecule has 0 amide bonds. The van der Waals surface area contributed by atoms with E-state index in [9.17, 15) is 64.2 Å². The molecule has 0 spiro atoms. The van der Waals surface area contributed by atoms with E-state index in [-0.39, 0.29) is 30.1 Å². The zero-order valence-electron chi connectivity index (χ0n) is 78.7. The molecule has 0 saturated heterocycles. The van der Waals surface area contributed by atoms with Gasteiger partial charge in [-0.1, -0.05) is 287 Å². The number of hydrogen-bond acceptors (Lipinski definition) is 23. The Balaban J connectivity index is 0.000000237. The number of rotatable bonds is 36. The van der Waals surface area contributed by atoms with Gasteiger partial charge < -0.3 is 88.6 Å². The van der Waals surface area contributed by atoms with Crippen LogP contribution in [0.2, 0.25) is 0 Å². The van der Waals surface area contributed by atoms with Crippen LogP contribution in [0.4, 0.5) is 0 Å². The van der Waals surface area contributed by atoms with Crippen molar-refractivity contribution in [2.24, 2.45) is 0 Å². The minimum Gasteiger partial charge on any atom is -0.508 e. The Morgan fingerprint density at radius 1 is 0.314 bits per heavy atom. The van der Waals surface area contributed by atoms with Crippen molar-refractivity contribution in [2.45, 2.75) is 149 Å². The molecule has 0 radical (unpaired) electrons. The molecule has 12 rings (SSSR count). The summed E-state index contributed by atoms with van der Waals surface area (Å²) in [6, 6.07) is 98.3. The zero-order valence-corrected chi connectivity index (χ0v) is 78.7. The number of aromatic hydroxyl groups is 1. The van der Waals surface area contributed by atoms with Gasteiger partial charge in [0.15, 0.2) is 24.9 Å². The molecule has 9 N–H and O–H groups in total. The number of esters is 5. The summed E-state index contributed by atoms with van der Waals surface area (Å²) in [6.45, 7) is 27.2. The van der Waals surface area contributed by atoms with Crippen molar-refractivity contribution < 1.29 is 122 Å². The van der Waals surface area contributed by atoms with E-state index >= 15 is 0 Å². The van der Waals surface area contributed by atoms with Crippen LogP contribution in [-0.4, -0.2) is 137 Å². The van der Waals surface area contributed by atoms with Crippen molar-refractivity contribution in [3.8, 4) is 67.5 Å². The Morgan fingerprint density at radius 3 is 0.854 bits per heavy atom. The molecule has 0 aliphatic carbocycles. The lowest BCUT2D eigenvalue weighted by Crippen LogP contribution is -2.33. The maximum atomic E-state index is 12.5. The van der Waals surface area contributed by atoms with Gasteiger partial charge in [-0.25, -0.2) is 33.6 Å². The molecule has 0 aliphatic heterocycles. The minimum atomic E-state index is -1.38. The summed E-state index contributed by atoms with van der Waals surface area (Å²) in [4.78, 5) is 78.7. The Kier molecular flexibility index (Phi) is 43.0. The topological polar surface area (TPSA) is 385 Å². The van der Waals surface area contributed by atoms with Crippen LogP contribution in [-0.2, 0) is 88.4 Å². The smallest absolute Gasteiger partial charge is 0.345 e. The van der Waals surface area contributed by atoms with Crippen LogP contribution in [0.3, 0.4) is 0 Å². The summed E-state index contributed by atoms with van der Waals surface area (Å²) in [5.74, 6) is -2.95. The van der Waals surface area contributed by atoms with E-state index in [0.29, 0.717) is 60.0 Å². The molecule has 0 heterocycles. The van der Waals surface area contributed by atoms with Gasteiger partial charge in [-0.2, -0.15) is 0 Å². The van der Waals surface area contributed by atoms with Gasteiger partial charge in [0.05, 0.1) is 18.8 Å². The molecule has 25 heteroatoms. The average Bonchev–Trinajstić information content (AvgIpc) is 0.822. The number of aliphatic hydroxyl groups is 6. The number of carboxylic acid groups (broad SMARTS) is 2. The Hall–Kier alpha value is -14.8. The second-order valence-electron chi connectivity index (χ2n) is 33.9. The lowest BCUT2D eigenvalue weighted by molar-refractivity contribution is -0.171. The molecule has 12 aromatic rings. The van der Waals surface area contributed by atoms with E-state index in [1.807, 2.05) is 243 Å². The summed E-state index contributed by atoms with van der Waals surface area (Å²) in [5, 5.41) is 85.8. The van der Waals surface area contributed by atoms with Gasteiger partial charge in [0.25, 0.3) is 0 Å². The van der Waals surface area contributed by atoms with Gasteiger partial charge in [-0.05, 0) is 214 Å². The van der Waals surface area contributed by atoms with Crippen LogP contribution in [0.5, 0.6) is 23.0 Å². The van der Waals surface area contributed by atoms with Crippen molar-refractivity contribution in [3.05, 3.63) is 396 Å². The molecule has 137 heavy (non-hydrogen) atoms. The standard InChI is InChI=1S/C32H32O5.C26H28O7.C23H24O3.C18H20O5.C9H10O3.C4H6O2/c1-32(2,34)31(37-30(33)23-35-21-24-9-5-3-6-10-24)28-15-13-26(14-16-28)27-17-19-29(20-18-27)36-22-25-11-7-4-8-12-25;1-16(2)24(28)31-15-22(27)33-23(26(5,6)30)20-9-7-18(8-10-20)19-11-13-21(14-12-19)32-25(29)17(3)4;1-23(2,25)22(24)20-10-8-18(9-11-20)19-12-14-21(15-13-19)26-16-17-6-4-3-5-7-17;1-18(2,22)17(23-16(21)11-19)14-5-3-12(4-6-14)13-7-9-15(20)10-8-13;10-9(11)7-12-6-8-4-2-1-3-5-8;1-3(2)4(5)6/h3-20,31,34H,21-23H2,1-2H3;7-14,23,30H,1,3,15H2,2,4-6H3;3-15,22,24-25H,16H2,1-2H3;3-10,17,19-20,22H,11H2,1-2H3;1-5H,6-7H2,(H,10,11);1H2,2H3,(H,5,6). The van der Waals surface area contributed by atoms with E-state index in [1.54, 1.807) is 107 Å². The third-order valence-corrected chi connectivity index (χ3v) is 19.9. The number of aliphatic carboxylic acids is 2. The van der Waals surface area contributed by atoms with Gasteiger partial charge in [-0.15, -0.1) is 0 Å². The van der Waals surface area contributed by atoms with Crippen LogP contribution in [0.25, 0.3) is 44.5 Å². The van der Waals surface area contributed by atoms with Gasteiger partial charge in [-0.3, -0.25) is 0 Å². The first-order chi connectivity index (χ1) is 64.9. The van der Waals surface area contributed by atoms with Gasteiger partial charge >= 0.3 is 41.8 Å². The second kappa shape index (κ2) is 53.9. The maximum Gasteiger partial charge on any atom is 0.345 e. The number of phenolic OH excluding ortho intramolecular Hbond substituents is 1. The van der Waals surface area contributed by atoms with E-state index in [2.05, 4.69) is 19.7 Å². The highest BCUT2D eigenvalue weighted by Crippen LogP contribution is 2.37. The van der Waals surface area contributed by atoms with Crippen LogP contribution in [0.15, 0.2) is 352 Å². The number of carbonyl (C=O) groups excluding carboxylic acids is 5. The Bertz CT molecular complexity index is 5780. The van der Waals surface area contributed by atoms with Crippen molar-refractivity contribution in [1.82, 2.24) is 0 Å². The number of benzene rings is 12. The van der Waals surface area contributed by atoms with E-state index in [1.165, 1.54) is 41.5 Å². The Labute approximate surface area is 799 Å². The van der Waals surface area contributed by atoms with Gasteiger partial charge in [0.1, 0.15) is 78.9 Å². The fourth-order valence-corrected chi connectivity index (χ4v) is 12.6. The largest absolute Gasteiger partial charge is 0.508 e. The maximum absolute atomic E-state index is 12.5. The highest BCUT2D eigenvalue weighted by atomic mass is 16.6. The van der Waals surface area contributed by atoms with Crippen molar-refractivity contribution in [2.75, 3.05) is 26.4 Å². The molecule has 0 aliphatic rings. The molecular formula is C112H120O25. The first-order valence-electron chi connectivity index (χ1n) is 43.6. The normalized spacial score (nSPS) is 11.8. The lowest BCUT2D eigenvalue weighted by Gasteiger charge is -2.29. The monoisotopic (exact) mass is 1860 g/mol. The molecule has 4 unspecified atom stereocenters. The van der Waals surface area contributed by atoms with Gasteiger partial charge in [0.2, 0.25) is 0 Å². The quantitative estimate of drug-likeness (QED) is 0.00762. The van der Waals surface area contributed by atoms with Crippen LogP contribution < -0.4 is 14.2 Å². The summed E-state index contributed by atoms with van der Waals surface area (Å²) in [5.41, 5.74) is 10.1. The highest BCUT2D eigenvalue weighted by molar-refractivity contribution is 5.89. The molecule has 0 bridgehead atoms. The zero-order chi connectivity index (χ0) is 100. The number of carboxylic acids is 2. The van der Waals surface area contributed by atoms with E-state index in [4.69, 9.17) is 58.0 Å². The molecule has 12 aromatic carbocycles. The van der Waals surface area contributed by atoms with Crippen LogP contribution >= 0.6 is 0 Å². The van der Waals surface area contributed by atoms with E-state index < -0.39 is 102 Å². The Morgan fingerprint density at radius 2 is 0.577 bits per heavy atom. The summed E-state index contributed by atoms with van der Waals surface area (Å²) in [7, 11) is 0. The fourth-order valence-electron chi connectivity index (χ4n) is 12.6. The molecule has 718 valence electrons. The SMILES string of the molecule is C=C(C)C(=O)O.C=C(C)C(=O)OCC(=O)OC(c1ccc(-c2ccc(OC(=O)C(=C)C)cc2)cc1)C(C)(C)O.CC(C)(O)C(O)c1ccc(-c2ccc(OCc3ccccc3)cc2)cc1.CC(C)(O)C(OC(=O)CO)c1ccc(-c2ccc(O)cc2)cc1.CC(C)(O)C(OC(=O)COCc1ccccc1)c1ccc(-c2ccc(OCc3ccccc3)cc2)cc1.O=C(O)COCc1ccccc1. The number of phenols is 1. The number of ether oxygens (including phenoxy) is 9. The van der Waals surface area contributed by atoms with Crippen molar-refractivity contribution >= 4 is 41.8 Å². The van der Waals surface area contributed by atoms with Gasteiger partial charge in [0, 0.05) is 16.7 Å². The molecule has 0 fully saturated rings. The molecular weight excluding hydrogens is 1750 g/mol. The summed E-state index contributed by atoms with van der Waals surface area (Å²) in [6.07, 6.45) is -3.60. The first-order valence-corrected chi connectivity index (χ1v) is 43.6. The molecule has 0 saturated carbocycles. The second-order valence-corrected chi connectivity index (χ2v) is 33.9. The number of aliphatic hydroxyl groups excluding tert-OH is 2. The first kappa shape index (κ1) is 109. The number of carbonyl (C=O) groups is 7. The number of hydrogen-bond donors (Lipinski definition) is 9. The van der Waals surface area contributed by atoms with Crippen molar-refractivity contribution in [1.29, 1.82) is 0 Å². The third kappa shape index (κ3) is 39.0. The molecule has 4 atom stereocenters.